The average molecular weight is 821 g/mol. The number of hydrogen-bond acceptors (Lipinski definition) is 2. The molecular formula is C62H48N2. The molecule has 64 heavy (non-hydrogen) atoms. The Balaban J connectivity index is 0.963. The topological polar surface area (TPSA) is 6.48 Å². The fraction of sp³-hybridized carbons (Fsp3) is 0.0323. The highest BCUT2D eigenvalue weighted by molar-refractivity contribution is 5.83. The van der Waals surface area contributed by atoms with Crippen molar-refractivity contribution in [3.8, 4) is 44.5 Å². The lowest BCUT2D eigenvalue weighted by molar-refractivity contribution is 1.02. The van der Waals surface area contributed by atoms with Crippen molar-refractivity contribution in [2.75, 3.05) is 9.80 Å². The van der Waals surface area contributed by atoms with E-state index in [4.69, 9.17) is 0 Å². The summed E-state index contributed by atoms with van der Waals surface area (Å²) in [6.07, 6.45) is 11.2. The number of nitrogens with zero attached hydrogens (tertiary/aromatic N) is 2. The zero-order valence-corrected chi connectivity index (χ0v) is 35.7. The van der Waals surface area contributed by atoms with Crippen LogP contribution in [0.1, 0.15) is 18.4 Å². The molecule has 0 aromatic heterocycles. The Hall–Kier alpha value is -8.20. The van der Waals surface area contributed by atoms with Gasteiger partial charge in [-0.25, -0.2) is 0 Å². The van der Waals surface area contributed by atoms with Crippen LogP contribution in [0.15, 0.2) is 273 Å². The van der Waals surface area contributed by atoms with Crippen LogP contribution in [0, 0.1) is 0 Å². The van der Waals surface area contributed by atoms with Gasteiger partial charge in [0, 0.05) is 34.1 Å². The Morgan fingerprint density at radius 2 is 0.484 bits per heavy atom. The van der Waals surface area contributed by atoms with Crippen LogP contribution >= 0.6 is 0 Å². The summed E-state index contributed by atoms with van der Waals surface area (Å²) >= 11 is 0. The van der Waals surface area contributed by atoms with E-state index in [1.165, 1.54) is 44.5 Å². The SMILES string of the molecule is C1=C/C(N(c2ccc(-c3ccccc3)cc2)c2ccc(-c3ccc(N(c4ccc(-c5ccccc5)cc4)c4ccc(-c5ccccc5)cc4)cc3)cc2)=C\CCC=C1c1ccccc1. The van der Waals surface area contributed by atoms with Gasteiger partial charge < -0.3 is 9.80 Å². The van der Waals surface area contributed by atoms with Crippen molar-refractivity contribution in [2.24, 2.45) is 0 Å². The molecule has 0 saturated carbocycles. The summed E-state index contributed by atoms with van der Waals surface area (Å²) in [6, 6.07) is 87.1. The van der Waals surface area contributed by atoms with Gasteiger partial charge in [0.1, 0.15) is 0 Å². The first-order valence-corrected chi connectivity index (χ1v) is 22.1. The van der Waals surface area contributed by atoms with E-state index >= 15 is 0 Å². The summed E-state index contributed by atoms with van der Waals surface area (Å²) in [7, 11) is 0. The summed E-state index contributed by atoms with van der Waals surface area (Å²) in [4.78, 5) is 4.72. The summed E-state index contributed by atoms with van der Waals surface area (Å²) in [5.41, 5.74) is 18.7. The van der Waals surface area contributed by atoms with Crippen molar-refractivity contribution in [3.63, 3.8) is 0 Å². The third-order valence-corrected chi connectivity index (χ3v) is 12.0. The molecule has 0 heterocycles. The van der Waals surface area contributed by atoms with Gasteiger partial charge in [0.2, 0.25) is 0 Å². The first kappa shape index (κ1) is 39.9. The second kappa shape index (κ2) is 18.8. The number of benzene rings is 9. The Morgan fingerprint density at radius 3 is 0.812 bits per heavy atom. The van der Waals surface area contributed by atoms with E-state index in [9.17, 15) is 0 Å². The van der Waals surface area contributed by atoms with Crippen LogP contribution in [0.2, 0.25) is 0 Å². The van der Waals surface area contributed by atoms with E-state index in [-0.39, 0.29) is 0 Å². The van der Waals surface area contributed by atoms with Crippen LogP contribution in [0.4, 0.5) is 28.4 Å². The molecule has 2 nitrogen and oxygen atoms in total. The van der Waals surface area contributed by atoms with Gasteiger partial charge in [-0.3, -0.25) is 0 Å². The molecule has 9 aromatic rings. The molecule has 2 heteroatoms. The Morgan fingerprint density at radius 1 is 0.219 bits per heavy atom. The second-order valence-corrected chi connectivity index (χ2v) is 16.1. The smallest absolute Gasteiger partial charge is 0.0462 e. The summed E-state index contributed by atoms with van der Waals surface area (Å²) in [5, 5.41) is 0. The van der Waals surface area contributed by atoms with E-state index in [2.05, 4.69) is 277 Å². The maximum absolute atomic E-state index is 2.39. The molecule has 0 saturated heterocycles. The minimum absolute atomic E-state index is 0.949. The van der Waals surface area contributed by atoms with Gasteiger partial charge in [-0.2, -0.15) is 0 Å². The molecule has 1 aliphatic rings. The number of hydrogen-bond donors (Lipinski definition) is 0. The van der Waals surface area contributed by atoms with Crippen LogP contribution in [-0.2, 0) is 0 Å². The second-order valence-electron chi connectivity index (χ2n) is 16.1. The molecule has 0 atom stereocenters. The molecule has 10 rings (SSSR count). The van der Waals surface area contributed by atoms with Gasteiger partial charge in [0.05, 0.1) is 0 Å². The van der Waals surface area contributed by atoms with E-state index < -0.39 is 0 Å². The molecule has 9 aromatic carbocycles. The largest absolute Gasteiger partial charge is 0.311 e. The Kier molecular flexibility index (Phi) is 11.7. The van der Waals surface area contributed by atoms with E-state index in [0.717, 1.165) is 58.1 Å². The highest BCUT2D eigenvalue weighted by Crippen LogP contribution is 2.39. The van der Waals surface area contributed by atoms with Crippen molar-refractivity contribution >= 4 is 34.0 Å². The zero-order chi connectivity index (χ0) is 42.9. The first-order valence-electron chi connectivity index (χ1n) is 22.1. The zero-order valence-electron chi connectivity index (χ0n) is 35.7. The summed E-state index contributed by atoms with van der Waals surface area (Å²) < 4.78 is 0. The molecule has 0 aliphatic heterocycles. The summed E-state index contributed by atoms with van der Waals surface area (Å²) in [6.45, 7) is 0. The van der Waals surface area contributed by atoms with Crippen molar-refractivity contribution in [1.82, 2.24) is 0 Å². The molecule has 306 valence electrons. The lowest BCUT2D eigenvalue weighted by Gasteiger charge is -2.28. The quantitative estimate of drug-likeness (QED) is 0.128. The molecule has 1 aliphatic carbocycles. The fourth-order valence-electron chi connectivity index (χ4n) is 8.59. The van der Waals surface area contributed by atoms with Crippen molar-refractivity contribution in [2.45, 2.75) is 12.8 Å². The van der Waals surface area contributed by atoms with Crippen molar-refractivity contribution in [1.29, 1.82) is 0 Å². The van der Waals surface area contributed by atoms with Crippen LogP contribution < -0.4 is 9.80 Å². The van der Waals surface area contributed by atoms with Crippen molar-refractivity contribution < 1.29 is 0 Å². The molecule has 0 amide bonds. The monoisotopic (exact) mass is 820 g/mol. The van der Waals surface area contributed by atoms with Gasteiger partial charge in [-0.1, -0.05) is 200 Å². The third-order valence-electron chi connectivity index (χ3n) is 12.0. The van der Waals surface area contributed by atoms with Gasteiger partial charge in [0.15, 0.2) is 0 Å². The fourth-order valence-corrected chi connectivity index (χ4v) is 8.59. The van der Waals surface area contributed by atoms with Crippen LogP contribution in [0.5, 0.6) is 0 Å². The number of anilines is 5. The minimum Gasteiger partial charge on any atom is -0.311 e. The van der Waals surface area contributed by atoms with Crippen LogP contribution in [0.25, 0.3) is 50.1 Å². The van der Waals surface area contributed by atoms with Gasteiger partial charge in [0.25, 0.3) is 0 Å². The standard InChI is InChI=1S/C62H48N2/c1-5-15-47(16-6-1)51-23-13-14-24-57(36-25-51)63(58-37-26-52(27-38-58)48-17-7-2-8-18-48)59-43-32-55(33-44-59)56-34-45-62(46-35-56)64(60-39-28-53(29-40-60)49-19-9-3-10-20-49)61-41-30-54(31-42-61)50-21-11-4-12-22-50/h1-12,15-46H,13-14H2/b36-25?,51-23?,57-24+. The molecule has 0 unspecified atom stereocenters. The molecular weight excluding hydrogens is 773 g/mol. The van der Waals surface area contributed by atoms with Crippen molar-refractivity contribution in [3.05, 3.63) is 278 Å². The Bertz CT molecular complexity index is 2920. The average Bonchev–Trinajstić information content (AvgIpc) is 3.37. The predicted molar refractivity (Wildman–Crippen MR) is 272 cm³/mol. The predicted octanol–water partition coefficient (Wildman–Crippen LogP) is 17.3. The molecule has 0 N–H and O–H groups in total. The normalized spacial score (nSPS) is 13.2. The first-order chi connectivity index (χ1) is 31.7. The molecule has 0 fully saturated rings. The molecule has 0 bridgehead atoms. The van der Waals surface area contributed by atoms with Gasteiger partial charge in [-0.15, -0.1) is 0 Å². The van der Waals surface area contributed by atoms with Crippen LogP contribution in [0.3, 0.4) is 0 Å². The van der Waals surface area contributed by atoms with E-state index in [1.807, 2.05) is 0 Å². The number of allylic oxidation sites excluding steroid dienone is 5. The minimum atomic E-state index is 0.949. The van der Waals surface area contributed by atoms with Gasteiger partial charge >= 0.3 is 0 Å². The lowest BCUT2D eigenvalue weighted by atomic mass is 10.00. The highest BCUT2D eigenvalue weighted by atomic mass is 15.1. The lowest BCUT2D eigenvalue weighted by Crippen LogP contribution is -2.15. The molecule has 0 spiro atoms. The van der Waals surface area contributed by atoms with E-state index in [1.54, 1.807) is 0 Å². The Labute approximate surface area is 377 Å². The molecule has 0 radical (unpaired) electrons. The van der Waals surface area contributed by atoms with Crippen LogP contribution in [-0.4, -0.2) is 0 Å². The maximum Gasteiger partial charge on any atom is 0.0462 e. The summed E-state index contributed by atoms with van der Waals surface area (Å²) in [5.74, 6) is 0. The third kappa shape index (κ3) is 8.90. The maximum atomic E-state index is 2.39. The van der Waals surface area contributed by atoms with Gasteiger partial charge in [-0.05, 0) is 135 Å². The number of rotatable bonds is 11. The highest BCUT2D eigenvalue weighted by Gasteiger charge is 2.17. The van der Waals surface area contributed by atoms with E-state index in [0.29, 0.717) is 0 Å².